The van der Waals surface area contributed by atoms with Gasteiger partial charge in [-0.3, -0.25) is 4.90 Å². The fourth-order valence-electron chi connectivity index (χ4n) is 1.19. The third kappa shape index (κ3) is 4.01. The van der Waals surface area contributed by atoms with Crippen LogP contribution in [0, 0.1) is 0 Å². The predicted octanol–water partition coefficient (Wildman–Crippen LogP) is -1.82. The molecule has 1 aliphatic rings. The van der Waals surface area contributed by atoms with Crippen molar-refractivity contribution in [3.8, 4) is 0 Å². The molecular weight excluding hydrogens is 178 g/mol. The first kappa shape index (κ1) is 9.91. The highest BCUT2D eigenvalue weighted by atomic mass is 32.2. The van der Waals surface area contributed by atoms with E-state index in [1.807, 2.05) is 0 Å². The van der Waals surface area contributed by atoms with E-state index in [1.54, 1.807) is 0 Å². The fourth-order valence-corrected chi connectivity index (χ4v) is 1.70. The number of hydrogen-bond acceptors (Lipinski definition) is 4. The van der Waals surface area contributed by atoms with Gasteiger partial charge in [0.15, 0.2) is 0 Å². The van der Waals surface area contributed by atoms with E-state index in [2.05, 4.69) is 10.2 Å². The first-order valence-electron chi connectivity index (χ1n) is 4.01. The van der Waals surface area contributed by atoms with E-state index in [1.165, 1.54) is 0 Å². The van der Waals surface area contributed by atoms with Crippen LogP contribution in [-0.4, -0.2) is 51.8 Å². The zero-order chi connectivity index (χ0) is 9.03. The molecule has 3 N–H and O–H groups in total. The summed E-state index contributed by atoms with van der Waals surface area (Å²) in [4.78, 5) is 2.10. The Balaban J connectivity index is 2.22. The van der Waals surface area contributed by atoms with Crippen LogP contribution in [0.15, 0.2) is 0 Å². The lowest BCUT2D eigenvalue weighted by Gasteiger charge is -2.26. The van der Waals surface area contributed by atoms with Gasteiger partial charge in [0, 0.05) is 32.7 Å². The second-order valence-corrected chi connectivity index (χ2v) is 4.69. The summed E-state index contributed by atoms with van der Waals surface area (Å²) in [5.41, 5.74) is 0. The number of hydrogen-bond donors (Lipinski definition) is 2. The van der Waals surface area contributed by atoms with Crippen molar-refractivity contribution in [2.24, 2.45) is 5.14 Å². The van der Waals surface area contributed by atoms with Gasteiger partial charge in [-0.05, 0) is 0 Å². The zero-order valence-electron chi connectivity index (χ0n) is 6.99. The Morgan fingerprint density at radius 2 is 1.92 bits per heavy atom. The summed E-state index contributed by atoms with van der Waals surface area (Å²) in [5, 5.41) is 8.07. The van der Waals surface area contributed by atoms with Crippen LogP contribution >= 0.6 is 0 Å². The van der Waals surface area contributed by atoms with Gasteiger partial charge in [-0.2, -0.15) is 0 Å². The fraction of sp³-hybridized carbons (Fsp3) is 1.00. The Morgan fingerprint density at radius 1 is 1.33 bits per heavy atom. The molecule has 72 valence electrons. The first-order valence-corrected chi connectivity index (χ1v) is 5.73. The maximum absolute atomic E-state index is 10.6. The number of sulfonamides is 1. The summed E-state index contributed by atoms with van der Waals surface area (Å²) in [5.74, 6) is 0.0625. The number of piperazine rings is 1. The van der Waals surface area contributed by atoms with Crippen molar-refractivity contribution in [3.05, 3.63) is 0 Å². The first-order chi connectivity index (χ1) is 5.58. The van der Waals surface area contributed by atoms with Crippen molar-refractivity contribution >= 4 is 10.0 Å². The molecule has 1 aliphatic heterocycles. The van der Waals surface area contributed by atoms with Crippen LogP contribution in [0.1, 0.15) is 0 Å². The Kier molecular flexibility index (Phi) is 3.45. The molecule has 0 unspecified atom stereocenters. The molecule has 0 saturated carbocycles. The molecule has 1 heterocycles. The summed E-state index contributed by atoms with van der Waals surface area (Å²) in [7, 11) is -3.29. The molecule has 1 rings (SSSR count). The maximum atomic E-state index is 10.6. The topological polar surface area (TPSA) is 75.4 Å². The summed E-state index contributed by atoms with van der Waals surface area (Å²) in [6, 6.07) is 0. The molecule has 1 saturated heterocycles. The van der Waals surface area contributed by atoms with Crippen LogP contribution < -0.4 is 10.5 Å². The van der Waals surface area contributed by atoms with Crippen molar-refractivity contribution in [2.45, 2.75) is 0 Å². The lowest BCUT2D eigenvalue weighted by Crippen LogP contribution is -2.45. The maximum Gasteiger partial charge on any atom is 0.210 e. The molecule has 12 heavy (non-hydrogen) atoms. The Hall–Kier alpha value is -0.170. The molecule has 0 aromatic rings. The van der Waals surface area contributed by atoms with Crippen LogP contribution in [0.3, 0.4) is 0 Å². The highest BCUT2D eigenvalue weighted by molar-refractivity contribution is 7.89. The van der Waals surface area contributed by atoms with Crippen LogP contribution in [0.25, 0.3) is 0 Å². The minimum Gasteiger partial charge on any atom is -0.314 e. The van der Waals surface area contributed by atoms with Crippen LogP contribution in [-0.2, 0) is 10.0 Å². The van der Waals surface area contributed by atoms with Crippen molar-refractivity contribution in [2.75, 3.05) is 38.5 Å². The lowest BCUT2D eigenvalue weighted by molar-refractivity contribution is 0.254. The van der Waals surface area contributed by atoms with Crippen LogP contribution in [0.5, 0.6) is 0 Å². The smallest absolute Gasteiger partial charge is 0.210 e. The normalized spacial score (nSPS) is 21.1. The second-order valence-electron chi connectivity index (χ2n) is 2.96. The Labute approximate surface area is 73.0 Å². The van der Waals surface area contributed by atoms with Crippen LogP contribution in [0.2, 0.25) is 0 Å². The van der Waals surface area contributed by atoms with Crippen molar-refractivity contribution in [1.82, 2.24) is 10.2 Å². The van der Waals surface area contributed by atoms with Gasteiger partial charge in [-0.1, -0.05) is 0 Å². The van der Waals surface area contributed by atoms with Crippen molar-refractivity contribution in [3.63, 3.8) is 0 Å². The molecule has 0 aliphatic carbocycles. The van der Waals surface area contributed by atoms with Crippen molar-refractivity contribution in [1.29, 1.82) is 0 Å². The SMILES string of the molecule is NS(=O)(=O)CCN1CCNCC1. The minimum absolute atomic E-state index is 0.0625. The monoisotopic (exact) mass is 193 g/mol. The lowest BCUT2D eigenvalue weighted by atomic mass is 10.4. The number of nitrogens with one attached hydrogen (secondary N) is 1. The quantitative estimate of drug-likeness (QED) is 0.553. The van der Waals surface area contributed by atoms with Gasteiger partial charge in [0.2, 0.25) is 10.0 Å². The molecule has 0 aromatic carbocycles. The van der Waals surface area contributed by atoms with Crippen molar-refractivity contribution < 1.29 is 8.42 Å². The van der Waals surface area contributed by atoms with Gasteiger partial charge in [-0.15, -0.1) is 0 Å². The van der Waals surface area contributed by atoms with Gasteiger partial charge in [-0.25, -0.2) is 13.6 Å². The second kappa shape index (κ2) is 4.18. The number of primary sulfonamides is 1. The van der Waals surface area contributed by atoms with Gasteiger partial charge >= 0.3 is 0 Å². The molecular formula is C6H15N3O2S. The standard InChI is InChI=1S/C6H15N3O2S/c7-12(10,11)6-5-9-3-1-8-2-4-9/h8H,1-6H2,(H2,7,10,11). The molecule has 0 atom stereocenters. The zero-order valence-corrected chi connectivity index (χ0v) is 7.81. The van der Waals surface area contributed by atoms with E-state index in [0.29, 0.717) is 6.54 Å². The third-order valence-corrected chi connectivity index (χ3v) is 2.65. The highest BCUT2D eigenvalue weighted by Crippen LogP contribution is 1.92. The van der Waals surface area contributed by atoms with E-state index >= 15 is 0 Å². The van der Waals surface area contributed by atoms with E-state index < -0.39 is 10.0 Å². The summed E-state index contributed by atoms with van der Waals surface area (Å²) in [6.45, 7) is 4.25. The number of nitrogens with two attached hydrogens (primary N) is 1. The van der Waals surface area contributed by atoms with Gasteiger partial charge < -0.3 is 5.32 Å². The summed E-state index contributed by atoms with van der Waals surface area (Å²) >= 11 is 0. The number of nitrogens with zero attached hydrogens (tertiary/aromatic N) is 1. The molecule has 0 spiro atoms. The molecule has 5 nitrogen and oxygen atoms in total. The molecule has 0 radical (unpaired) electrons. The molecule has 1 fully saturated rings. The Morgan fingerprint density at radius 3 is 2.42 bits per heavy atom. The molecule has 0 amide bonds. The predicted molar refractivity (Wildman–Crippen MR) is 47.3 cm³/mol. The average Bonchev–Trinajstić information content (AvgIpc) is 2.02. The molecule has 6 heteroatoms. The van der Waals surface area contributed by atoms with Gasteiger partial charge in [0.1, 0.15) is 0 Å². The summed E-state index contributed by atoms with van der Waals surface area (Å²) in [6.07, 6.45) is 0. The van der Waals surface area contributed by atoms with E-state index in [0.717, 1.165) is 26.2 Å². The minimum atomic E-state index is -3.29. The van der Waals surface area contributed by atoms with Gasteiger partial charge in [0.25, 0.3) is 0 Å². The third-order valence-electron chi connectivity index (χ3n) is 1.90. The van der Waals surface area contributed by atoms with E-state index in [-0.39, 0.29) is 5.75 Å². The average molecular weight is 193 g/mol. The van der Waals surface area contributed by atoms with Gasteiger partial charge in [0.05, 0.1) is 5.75 Å². The summed E-state index contributed by atoms with van der Waals surface area (Å²) < 4.78 is 21.2. The largest absolute Gasteiger partial charge is 0.314 e. The number of rotatable bonds is 3. The Bertz CT molecular complexity index is 221. The highest BCUT2D eigenvalue weighted by Gasteiger charge is 2.11. The van der Waals surface area contributed by atoms with Crippen LogP contribution in [0.4, 0.5) is 0 Å². The van der Waals surface area contributed by atoms with E-state index in [9.17, 15) is 8.42 Å². The van der Waals surface area contributed by atoms with E-state index in [4.69, 9.17) is 5.14 Å². The molecule has 0 bridgehead atoms. The molecule has 0 aromatic heterocycles.